The molecule has 1 unspecified atom stereocenters. The number of carboxylic acid groups (broad SMARTS) is 1. The zero-order valence-electron chi connectivity index (χ0n) is 18.5. The molecule has 4 nitrogen and oxygen atoms in total. The molecule has 4 rings (SSSR count). The SMILES string of the molecule is C=C1C(C)=C(c2ccc(F)c(F)c2)Oc2c1cc(C)cc2C(C)Nc1ccccc1C(=O)O. The van der Waals surface area contributed by atoms with E-state index in [1.54, 1.807) is 18.2 Å². The minimum Gasteiger partial charge on any atom is -0.478 e. The summed E-state index contributed by atoms with van der Waals surface area (Å²) in [6, 6.07) is 13.9. The van der Waals surface area contributed by atoms with Crippen molar-refractivity contribution >= 4 is 23.0 Å². The number of anilines is 1. The molecule has 0 spiro atoms. The fraction of sp³-hybridized carbons (Fsp3) is 0.148. The maximum absolute atomic E-state index is 13.9. The predicted octanol–water partition coefficient (Wildman–Crippen LogP) is 6.98. The summed E-state index contributed by atoms with van der Waals surface area (Å²) in [4.78, 5) is 11.6. The number of ether oxygens (including phenoxy) is 1. The Balaban J connectivity index is 1.78. The maximum Gasteiger partial charge on any atom is 0.337 e. The average molecular weight is 447 g/mol. The molecule has 1 atom stereocenters. The topological polar surface area (TPSA) is 58.6 Å². The molecule has 2 N–H and O–H groups in total. The summed E-state index contributed by atoms with van der Waals surface area (Å²) in [7, 11) is 0. The predicted molar refractivity (Wildman–Crippen MR) is 125 cm³/mol. The lowest BCUT2D eigenvalue weighted by Crippen LogP contribution is -2.15. The third kappa shape index (κ3) is 4.12. The van der Waals surface area contributed by atoms with Gasteiger partial charge in [-0.3, -0.25) is 0 Å². The minimum absolute atomic E-state index is 0.161. The maximum atomic E-state index is 13.9. The summed E-state index contributed by atoms with van der Waals surface area (Å²) in [5.74, 6) is -1.98. The quantitative estimate of drug-likeness (QED) is 0.443. The first-order chi connectivity index (χ1) is 15.7. The van der Waals surface area contributed by atoms with E-state index in [9.17, 15) is 18.7 Å². The minimum atomic E-state index is -1.03. The van der Waals surface area contributed by atoms with E-state index in [4.69, 9.17) is 4.74 Å². The van der Waals surface area contributed by atoms with Crippen LogP contribution in [0.3, 0.4) is 0 Å². The van der Waals surface area contributed by atoms with E-state index in [-0.39, 0.29) is 11.6 Å². The normalized spacial score (nSPS) is 13.9. The zero-order valence-corrected chi connectivity index (χ0v) is 18.5. The molecule has 0 bridgehead atoms. The van der Waals surface area contributed by atoms with Crippen molar-refractivity contribution in [1.29, 1.82) is 0 Å². The van der Waals surface area contributed by atoms with Crippen molar-refractivity contribution in [3.8, 4) is 5.75 Å². The van der Waals surface area contributed by atoms with Crippen molar-refractivity contribution in [2.75, 3.05) is 5.32 Å². The van der Waals surface area contributed by atoms with E-state index in [2.05, 4.69) is 11.9 Å². The van der Waals surface area contributed by atoms with Crippen LogP contribution in [0.1, 0.15) is 52.5 Å². The average Bonchev–Trinajstić information content (AvgIpc) is 2.78. The number of para-hydroxylation sites is 1. The van der Waals surface area contributed by atoms with Gasteiger partial charge in [0.05, 0.1) is 11.6 Å². The van der Waals surface area contributed by atoms with Gasteiger partial charge in [0.1, 0.15) is 11.5 Å². The van der Waals surface area contributed by atoms with Crippen molar-refractivity contribution in [3.63, 3.8) is 0 Å². The number of fused-ring (bicyclic) bond motifs is 1. The summed E-state index contributed by atoms with van der Waals surface area (Å²) >= 11 is 0. The monoisotopic (exact) mass is 447 g/mol. The summed E-state index contributed by atoms with van der Waals surface area (Å²) in [6.45, 7) is 9.90. The van der Waals surface area contributed by atoms with Crippen molar-refractivity contribution in [2.45, 2.75) is 26.8 Å². The summed E-state index contributed by atoms with van der Waals surface area (Å²) in [6.07, 6.45) is 0. The Hall–Kier alpha value is -3.93. The molecular weight excluding hydrogens is 424 g/mol. The number of benzene rings is 3. The van der Waals surface area contributed by atoms with Gasteiger partial charge in [0, 0.05) is 22.4 Å². The first-order valence-electron chi connectivity index (χ1n) is 10.4. The molecule has 0 aromatic heterocycles. The van der Waals surface area contributed by atoms with Gasteiger partial charge in [-0.2, -0.15) is 0 Å². The number of nitrogens with one attached hydrogen (secondary N) is 1. The van der Waals surface area contributed by atoms with Gasteiger partial charge in [0.2, 0.25) is 0 Å². The number of aryl methyl sites for hydroxylation is 1. The molecule has 1 aliphatic heterocycles. The molecule has 1 heterocycles. The molecule has 33 heavy (non-hydrogen) atoms. The largest absolute Gasteiger partial charge is 0.478 e. The van der Waals surface area contributed by atoms with E-state index < -0.39 is 17.6 Å². The summed E-state index contributed by atoms with van der Waals surface area (Å²) in [5, 5.41) is 12.8. The van der Waals surface area contributed by atoms with E-state index in [1.165, 1.54) is 12.1 Å². The number of hydrogen-bond donors (Lipinski definition) is 2. The molecule has 0 radical (unpaired) electrons. The fourth-order valence-electron chi connectivity index (χ4n) is 4.00. The lowest BCUT2D eigenvalue weighted by Gasteiger charge is -2.29. The lowest BCUT2D eigenvalue weighted by atomic mass is 9.89. The first kappa shape index (κ1) is 22.3. The number of allylic oxidation sites excluding steroid dienone is 2. The van der Waals surface area contributed by atoms with Crippen LogP contribution in [0.5, 0.6) is 5.75 Å². The van der Waals surface area contributed by atoms with Crippen LogP contribution in [0.2, 0.25) is 0 Å². The van der Waals surface area contributed by atoms with Gasteiger partial charge >= 0.3 is 5.97 Å². The van der Waals surface area contributed by atoms with Crippen molar-refractivity contribution < 1.29 is 23.4 Å². The Morgan fingerprint density at radius 3 is 2.48 bits per heavy atom. The molecule has 168 valence electrons. The van der Waals surface area contributed by atoms with Crippen LogP contribution in [0, 0.1) is 18.6 Å². The number of carboxylic acids is 1. The fourth-order valence-corrected chi connectivity index (χ4v) is 4.00. The lowest BCUT2D eigenvalue weighted by molar-refractivity contribution is 0.0698. The molecule has 3 aromatic rings. The highest BCUT2D eigenvalue weighted by atomic mass is 19.2. The summed E-state index contributed by atoms with van der Waals surface area (Å²) < 4.78 is 33.7. The van der Waals surface area contributed by atoms with Gasteiger partial charge in [0.25, 0.3) is 0 Å². The molecule has 0 amide bonds. The van der Waals surface area contributed by atoms with E-state index in [0.29, 0.717) is 22.8 Å². The van der Waals surface area contributed by atoms with Gasteiger partial charge < -0.3 is 15.2 Å². The van der Waals surface area contributed by atoms with E-state index >= 15 is 0 Å². The van der Waals surface area contributed by atoms with Crippen LogP contribution in [0.4, 0.5) is 14.5 Å². The van der Waals surface area contributed by atoms with Crippen molar-refractivity contribution in [3.05, 3.63) is 106 Å². The van der Waals surface area contributed by atoms with Gasteiger partial charge in [-0.25, -0.2) is 13.6 Å². The van der Waals surface area contributed by atoms with Crippen LogP contribution < -0.4 is 10.1 Å². The van der Waals surface area contributed by atoms with Crippen molar-refractivity contribution in [2.24, 2.45) is 0 Å². The number of carbonyl (C=O) groups is 1. The molecule has 1 aliphatic rings. The third-order valence-electron chi connectivity index (χ3n) is 5.76. The smallest absolute Gasteiger partial charge is 0.337 e. The number of hydrogen-bond acceptors (Lipinski definition) is 3. The Bertz CT molecular complexity index is 1330. The highest BCUT2D eigenvalue weighted by molar-refractivity contribution is 5.94. The van der Waals surface area contributed by atoms with Gasteiger partial charge in [-0.1, -0.05) is 24.8 Å². The van der Waals surface area contributed by atoms with Crippen LogP contribution in [-0.4, -0.2) is 11.1 Å². The summed E-state index contributed by atoms with van der Waals surface area (Å²) in [5.41, 5.74) is 5.07. The molecule has 0 saturated carbocycles. The van der Waals surface area contributed by atoms with Crippen LogP contribution >= 0.6 is 0 Å². The molecule has 3 aromatic carbocycles. The van der Waals surface area contributed by atoms with Gasteiger partial charge in [-0.15, -0.1) is 0 Å². The Morgan fingerprint density at radius 1 is 1.06 bits per heavy atom. The van der Waals surface area contributed by atoms with E-state index in [1.807, 2.05) is 32.9 Å². The zero-order chi connectivity index (χ0) is 23.9. The third-order valence-corrected chi connectivity index (χ3v) is 5.76. The molecule has 0 saturated heterocycles. The number of rotatable bonds is 5. The highest BCUT2D eigenvalue weighted by Crippen LogP contribution is 2.45. The second-order valence-corrected chi connectivity index (χ2v) is 8.11. The number of halogens is 2. The van der Waals surface area contributed by atoms with Crippen LogP contribution in [0.25, 0.3) is 11.3 Å². The Morgan fingerprint density at radius 2 is 1.79 bits per heavy atom. The molecule has 0 fully saturated rings. The van der Waals surface area contributed by atoms with Crippen LogP contribution in [0.15, 0.2) is 66.7 Å². The van der Waals surface area contributed by atoms with Crippen molar-refractivity contribution in [1.82, 2.24) is 0 Å². The molecule has 6 heteroatoms. The standard InChI is InChI=1S/C27H23F2NO3/c1-14-11-20-15(2)16(3)25(18-9-10-22(28)23(29)13-18)33-26(20)21(12-14)17(4)30-24-8-6-5-7-19(24)27(31)32/h5-13,17,30H,2H2,1,3-4H3,(H,31,32). The second kappa shape index (κ2) is 8.54. The Kier molecular flexibility index (Phi) is 5.77. The molecular formula is C27H23F2NO3. The highest BCUT2D eigenvalue weighted by Gasteiger charge is 2.27. The van der Waals surface area contributed by atoms with Gasteiger partial charge in [-0.05, 0) is 73.9 Å². The Labute approximate surface area is 190 Å². The number of aromatic carboxylic acids is 1. The second-order valence-electron chi connectivity index (χ2n) is 8.11. The van der Waals surface area contributed by atoms with Gasteiger partial charge in [0.15, 0.2) is 11.6 Å². The van der Waals surface area contributed by atoms with E-state index in [0.717, 1.165) is 40.0 Å². The van der Waals surface area contributed by atoms with Crippen LogP contribution in [-0.2, 0) is 0 Å². The first-order valence-corrected chi connectivity index (χ1v) is 10.4. The molecule has 0 aliphatic carbocycles.